The number of methoxy groups -OCH3 is 1. The molecule has 1 N–H and O–H groups in total. The van der Waals surface area contributed by atoms with Crippen LogP contribution in [0.3, 0.4) is 0 Å². The zero-order valence-electron chi connectivity index (χ0n) is 22.6. The maximum absolute atomic E-state index is 12.9. The van der Waals surface area contributed by atoms with Crippen molar-refractivity contribution in [3.63, 3.8) is 0 Å². The molecule has 11 heteroatoms. The Balaban J connectivity index is 1.33. The average molecular weight is 591 g/mol. The van der Waals surface area contributed by atoms with E-state index in [1.54, 1.807) is 25.3 Å². The predicted molar refractivity (Wildman–Crippen MR) is 162 cm³/mol. The van der Waals surface area contributed by atoms with Gasteiger partial charge < -0.3 is 18.9 Å². The summed E-state index contributed by atoms with van der Waals surface area (Å²) in [6.45, 7) is 4.67. The van der Waals surface area contributed by atoms with Crippen LogP contribution in [0.4, 0.5) is 0 Å². The normalized spacial score (nSPS) is 15.4. The number of hydrogen-bond acceptors (Lipinski definition) is 8. The molecule has 3 aromatic rings. The minimum atomic E-state index is -0.531. The largest absolute Gasteiger partial charge is 0.493 e. The number of halogens is 1. The van der Waals surface area contributed by atoms with Crippen LogP contribution in [0.1, 0.15) is 23.6 Å². The molecule has 0 aliphatic carbocycles. The van der Waals surface area contributed by atoms with E-state index in [2.05, 4.69) is 10.1 Å². The fourth-order valence-electron chi connectivity index (χ4n) is 4.08. The van der Waals surface area contributed by atoms with Crippen LogP contribution < -0.4 is 18.9 Å². The van der Waals surface area contributed by atoms with E-state index in [1.165, 1.54) is 16.8 Å². The second-order valence-corrected chi connectivity index (χ2v) is 10.3. The van der Waals surface area contributed by atoms with Gasteiger partial charge in [0, 0.05) is 5.56 Å². The van der Waals surface area contributed by atoms with Gasteiger partial charge >= 0.3 is 0 Å². The second kappa shape index (κ2) is 12.5. The summed E-state index contributed by atoms with van der Waals surface area (Å²) in [5.74, 6) is 1.39. The number of ether oxygens (including phenoxy) is 4. The highest BCUT2D eigenvalue weighted by Gasteiger charge is 2.36. The highest BCUT2D eigenvalue weighted by atomic mass is 35.5. The molecule has 0 unspecified atom stereocenters. The number of benzene rings is 3. The van der Waals surface area contributed by atoms with E-state index in [1.807, 2.05) is 62.4 Å². The van der Waals surface area contributed by atoms with Gasteiger partial charge in [0.1, 0.15) is 18.3 Å². The van der Waals surface area contributed by atoms with Crippen molar-refractivity contribution in [1.82, 2.24) is 5.01 Å². The van der Waals surface area contributed by atoms with Crippen molar-refractivity contribution < 1.29 is 23.7 Å². The summed E-state index contributed by atoms with van der Waals surface area (Å²) >= 11 is 7.85. The molecule has 0 bridgehead atoms. The number of thioether (sulfide) groups is 1. The number of rotatable bonds is 10. The van der Waals surface area contributed by atoms with Gasteiger partial charge in [-0.1, -0.05) is 53.6 Å². The van der Waals surface area contributed by atoms with Crippen molar-refractivity contribution in [2.75, 3.05) is 26.9 Å². The molecule has 3 aromatic carbocycles. The molecular weight excluding hydrogens is 564 g/mol. The molecule has 5 rings (SSSR count). The first kappa shape index (κ1) is 28.3. The molecule has 0 saturated heterocycles. The maximum Gasteiger partial charge on any atom is 0.283 e. The summed E-state index contributed by atoms with van der Waals surface area (Å²) in [4.78, 5) is 17.1. The van der Waals surface area contributed by atoms with Crippen LogP contribution in [0.25, 0.3) is 6.08 Å². The molecule has 2 aliphatic heterocycles. The van der Waals surface area contributed by atoms with Crippen LogP contribution in [0.15, 0.2) is 76.3 Å². The van der Waals surface area contributed by atoms with Crippen LogP contribution >= 0.6 is 23.4 Å². The Kier molecular flexibility index (Phi) is 8.61. The number of nitrogens with one attached hydrogen (secondary N) is 1. The SMILES string of the molecule is CCOc1cc(/C=C2/C(=N)N3N=C(c4ccc(C)cc4)SC3=NC2=O)cc(Cl)c1OCCOc1ccccc1OC. The van der Waals surface area contributed by atoms with Gasteiger partial charge in [0.25, 0.3) is 5.91 Å². The summed E-state index contributed by atoms with van der Waals surface area (Å²) in [6, 6.07) is 18.6. The van der Waals surface area contributed by atoms with Crippen molar-refractivity contribution in [3.8, 4) is 23.0 Å². The number of amidine groups is 2. The summed E-state index contributed by atoms with van der Waals surface area (Å²) in [7, 11) is 1.58. The molecule has 0 aromatic heterocycles. The number of para-hydroxylation sites is 2. The minimum absolute atomic E-state index is 0.0718. The van der Waals surface area contributed by atoms with Gasteiger partial charge in [-0.3, -0.25) is 10.2 Å². The van der Waals surface area contributed by atoms with Gasteiger partial charge in [-0.2, -0.15) is 15.1 Å². The van der Waals surface area contributed by atoms with Crippen molar-refractivity contribution >= 4 is 51.4 Å². The molecule has 2 aliphatic rings. The Morgan fingerprint density at radius 1 is 1.00 bits per heavy atom. The number of nitrogens with zero attached hydrogens (tertiary/aromatic N) is 3. The fourth-order valence-corrected chi connectivity index (χ4v) is 5.25. The third kappa shape index (κ3) is 6.23. The Morgan fingerprint density at radius 2 is 1.73 bits per heavy atom. The van der Waals surface area contributed by atoms with E-state index in [-0.39, 0.29) is 29.6 Å². The molecule has 0 atom stereocenters. The quantitative estimate of drug-likeness (QED) is 0.222. The van der Waals surface area contributed by atoms with Crippen LogP contribution in [-0.4, -0.2) is 53.9 Å². The van der Waals surface area contributed by atoms with E-state index >= 15 is 0 Å². The van der Waals surface area contributed by atoms with Crippen LogP contribution in [-0.2, 0) is 4.79 Å². The number of carbonyl (C=O) groups excluding carboxylic acids is 1. The molecule has 210 valence electrons. The number of aryl methyl sites for hydroxylation is 1. The lowest BCUT2D eigenvalue weighted by Gasteiger charge is -2.20. The minimum Gasteiger partial charge on any atom is -0.493 e. The van der Waals surface area contributed by atoms with Crippen LogP contribution in [0.5, 0.6) is 23.0 Å². The fraction of sp³-hybridized carbons (Fsp3) is 0.200. The summed E-state index contributed by atoms with van der Waals surface area (Å²) in [5, 5.41) is 15.9. The number of carbonyl (C=O) groups is 1. The Labute approximate surface area is 246 Å². The van der Waals surface area contributed by atoms with E-state index in [9.17, 15) is 4.79 Å². The standard InChI is InChI=1S/C30H27ClN4O5S/c1-4-38-25-17-19(16-22(31)26(25)40-14-13-39-24-8-6-5-7-23(24)37-3)15-21-27(32)35-30(33-28(21)36)41-29(34-35)20-11-9-18(2)10-12-20/h5-12,15-17,32H,4,13-14H2,1-3H3/b21-15-,32-27?. The molecule has 1 amide bonds. The smallest absolute Gasteiger partial charge is 0.283 e. The van der Waals surface area contributed by atoms with Gasteiger partial charge in [-0.05, 0) is 61.5 Å². The molecule has 41 heavy (non-hydrogen) atoms. The van der Waals surface area contributed by atoms with Crippen molar-refractivity contribution in [1.29, 1.82) is 5.41 Å². The number of hydrazone groups is 1. The van der Waals surface area contributed by atoms with Crippen molar-refractivity contribution in [2.24, 2.45) is 10.1 Å². The first-order valence-electron chi connectivity index (χ1n) is 12.8. The molecule has 0 radical (unpaired) electrons. The first-order valence-corrected chi connectivity index (χ1v) is 14.0. The zero-order chi connectivity index (χ0) is 28.9. The van der Waals surface area contributed by atoms with E-state index in [0.717, 1.165) is 11.1 Å². The predicted octanol–water partition coefficient (Wildman–Crippen LogP) is 6.18. The third-order valence-corrected chi connectivity index (χ3v) is 7.29. The lowest BCUT2D eigenvalue weighted by Crippen LogP contribution is -2.35. The molecular formula is C30H27ClN4O5S. The maximum atomic E-state index is 12.9. The topological polar surface area (TPSA) is 106 Å². The lowest BCUT2D eigenvalue weighted by atomic mass is 10.1. The van der Waals surface area contributed by atoms with Gasteiger partial charge in [0.15, 0.2) is 28.8 Å². The average Bonchev–Trinajstić information content (AvgIpc) is 3.39. The number of amides is 1. The summed E-state index contributed by atoms with van der Waals surface area (Å²) in [6.07, 6.45) is 1.55. The third-order valence-electron chi connectivity index (χ3n) is 6.05. The van der Waals surface area contributed by atoms with Crippen LogP contribution in [0.2, 0.25) is 5.02 Å². The number of fused-ring (bicyclic) bond motifs is 1. The Morgan fingerprint density at radius 3 is 2.46 bits per heavy atom. The van der Waals surface area contributed by atoms with Gasteiger partial charge in [-0.25, -0.2) is 0 Å². The van der Waals surface area contributed by atoms with E-state index < -0.39 is 5.91 Å². The summed E-state index contributed by atoms with van der Waals surface area (Å²) < 4.78 is 22.8. The van der Waals surface area contributed by atoms with Gasteiger partial charge in [-0.15, -0.1) is 0 Å². The van der Waals surface area contributed by atoms with E-state index in [0.29, 0.717) is 45.4 Å². The highest BCUT2D eigenvalue weighted by Crippen LogP contribution is 2.38. The zero-order valence-corrected chi connectivity index (χ0v) is 24.2. The van der Waals surface area contributed by atoms with Crippen molar-refractivity contribution in [3.05, 3.63) is 87.9 Å². The number of hydrogen-bond donors (Lipinski definition) is 1. The van der Waals surface area contributed by atoms with Gasteiger partial charge in [0.05, 0.1) is 24.3 Å². The molecule has 9 nitrogen and oxygen atoms in total. The monoisotopic (exact) mass is 590 g/mol. The van der Waals surface area contributed by atoms with Crippen molar-refractivity contribution in [2.45, 2.75) is 13.8 Å². The molecule has 0 spiro atoms. The highest BCUT2D eigenvalue weighted by molar-refractivity contribution is 8.27. The second-order valence-electron chi connectivity index (χ2n) is 8.90. The van der Waals surface area contributed by atoms with E-state index in [4.69, 9.17) is 36.0 Å². The Hall–Kier alpha value is -4.28. The summed E-state index contributed by atoms with van der Waals surface area (Å²) in [5.41, 5.74) is 2.65. The number of aliphatic imine (C=N–C) groups is 1. The first-order chi connectivity index (χ1) is 19.9. The van der Waals surface area contributed by atoms with Crippen LogP contribution in [0, 0.1) is 12.3 Å². The van der Waals surface area contributed by atoms with Gasteiger partial charge in [0.2, 0.25) is 5.17 Å². The molecule has 0 saturated carbocycles. The Bertz CT molecular complexity index is 1590. The lowest BCUT2D eigenvalue weighted by molar-refractivity contribution is -0.114. The molecule has 2 heterocycles. The molecule has 0 fully saturated rings.